The van der Waals surface area contributed by atoms with Gasteiger partial charge in [0.1, 0.15) is 0 Å². The lowest BCUT2D eigenvalue weighted by molar-refractivity contribution is 0.118. The highest BCUT2D eigenvalue weighted by Gasteiger charge is 2.23. The largest absolute Gasteiger partial charge is 0.416 e. The molecular weight excluding hydrogens is 286 g/mol. The van der Waals surface area contributed by atoms with Gasteiger partial charge in [-0.2, -0.15) is 0 Å². The van der Waals surface area contributed by atoms with E-state index in [0.29, 0.717) is 18.7 Å². The smallest absolute Gasteiger partial charge is 0.415 e. The predicted molar refractivity (Wildman–Crippen MR) is 96.2 cm³/mol. The molecule has 1 unspecified atom stereocenters. The first-order valence-corrected chi connectivity index (χ1v) is 7.89. The van der Waals surface area contributed by atoms with Crippen LogP contribution in [0.5, 0.6) is 0 Å². The van der Waals surface area contributed by atoms with Gasteiger partial charge in [-0.1, -0.05) is 48.6 Å². The fourth-order valence-corrected chi connectivity index (χ4v) is 2.33. The Balaban J connectivity index is 2.84. The highest BCUT2D eigenvalue weighted by molar-refractivity contribution is 5.69. The van der Waals surface area contributed by atoms with E-state index in [-0.39, 0.29) is 12.1 Å². The van der Waals surface area contributed by atoms with Gasteiger partial charge in [0.15, 0.2) is 0 Å². The predicted octanol–water partition coefficient (Wildman–Crippen LogP) is 5.11. The third-order valence-electron chi connectivity index (χ3n) is 3.46. The summed E-state index contributed by atoms with van der Waals surface area (Å²) in [5.41, 5.74) is 2.27. The fourth-order valence-electron chi connectivity index (χ4n) is 2.33. The number of carbonyl (C=O) groups excluding carboxylic acids is 1. The van der Waals surface area contributed by atoms with Crippen LogP contribution in [0.15, 0.2) is 67.5 Å². The molecule has 0 aliphatic heterocycles. The maximum Gasteiger partial charge on any atom is 0.415 e. The zero-order valence-corrected chi connectivity index (χ0v) is 14.3. The summed E-state index contributed by atoms with van der Waals surface area (Å²) in [6.45, 7) is 15.7. The van der Waals surface area contributed by atoms with E-state index in [9.17, 15) is 4.79 Å². The minimum absolute atomic E-state index is 0.116. The topological polar surface area (TPSA) is 29.5 Å². The molecule has 3 nitrogen and oxygen atoms in total. The molecule has 0 aromatic heterocycles. The van der Waals surface area contributed by atoms with Crippen LogP contribution in [0.1, 0.15) is 32.3 Å². The molecule has 0 heterocycles. The van der Waals surface area contributed by atoms with E-state index in [1.807, 2.05) is 37.3 Å². The molecule has 0 aliphatic carbocycles. The van der Waals surface area contributed by atoms with Crippen LogP contribution in [-0.4, -0.2) is 23.6 Å². The summed E-state index contributed by atoms with van der Waals surface area (Å²) in [5, 5.41) is 0. The summed E-state index contributed by atoms with van der Waals surface area (Å²) in [5.74, 6) is 0.391. The summed E-state index contributed by atoms with van der Waals surface area (Å²) >= 11 is 0. The average Bonchev–Trinajstić information content (AvgIpc) is 2.49. The maximum atomic E-state index is 12.4. The van der Waals surface area contributed by atoms with Gasteiger partial charge in [-0.05, 0) is 38.7 Å². The molecule has 1 atom stereocenters. The van der Waals surface area contributed by atoms with E-state index in [4.69, 9.17) is 4.74 Å². The molecule has 23 heavy (non-hydrogen) atoms. The van der Waals surface area contributed by atoms with Crippen molar-refractivity contribution in [3.63, 3.8) is 0 Å². The monoisotopic (exact) mass is 313 g/mol. The van der Waals surface area contributed by atoms with Gasteiger partial charge in [0.2, 0.25) is 0 Å². The summed E-state index contributed by atoms with van der Waals surface area (Å²) in [7, 11) is 0. The highest BCUT2D eigenvalue weighted by Crippen LogP contribution is 2.15. The number of carbonyl (C=O) groups is 1. The Morgan fingerprint density at radius 1 is 1.26 bits per heavy atom. The van der Waals surface area contributed by atoms with E-state index in [1.165, 1.54) is 0 Å². The van der Waals surface area contributed by atoms with Crippen molar-refractivity contribution in [3.05, 3.63) is 73.0 Å². The maximum absolute atomic E-state index is 12.4. The van der Waals surface area contributed by atoms with Gasteiger partial charge in [0, 0.05) is 6.54 Å². The lowest BCUT2D eigenvalue weighted by atomic mass is 10.0. The SMILES string of the molecule is C=CC(Cc1ccccc1)N(CCCC(=C)C)C(=O)OC(=C)C. The number of benzene rings is 1. The van der Waals surface area contributed by atoms with Gasteiger partial charge < -0.3 is 9.64 Å². The van der Waals surface area contributed by atoms with Crippen molar-refractivity contribution in [2.75, 3.05) is 6.54 Å². The van der Waals surface area contributed by atoms with Crippen molar-refractivity contribution < 1.29 is 9.53 Å². The highest BCUT2D eigenvalue weighted by atomic mass is 16.6. The van der Waals surface area contributed by atoms with E-state index in [0.717, 1.165) is 24.0 Å². The third-order valence-corrected chi connectivity index (χ3v) is 3.46. The zero-order valence-electron chi connectivity index (χ0n) is 14.3. The van der Waals surface area contributed by atoms with Crippen LogP contribution < -0.4 is 0 Å². The molecule has 0 fully saturated rings. The molecule has 0 aliphatic rings. The van der Waals surface area contributed by atoms with Crippen LogP contribution in [0, 0.1) is 0 Å². The first kappa shape index (κ1) is 18.8. The Morgan fingerprint density at radius 3 is 2.43 bits per heavy atom. The number of hydrogen-bond acceptors (Lipinski definition) is 2. The van der Waals surface area contributed by atoms with Crippen LogP contribution in [-0.2, 0) is 11.2 Å². The van der Waals surface area contributed by atoms with Crippen LogP contribution in [0.2, 0.25) is 0 Å². The molecule has 0 N–H and O–H groups in total. The van der Waals surface area contributed by atoms with E-state index >= 15 is 0 Å². The van der Waals surface area contributed by atoms with Crippen LogP contribution >= 0.6 is 0 Å². The van der Waals surface area contributed by atoms with E-state index < -0.39 is 0 Å². The first-order chi connectivity index (χ1) is 10.9. The van der Waals surface area contributed by atoms with Crippen molar-refractivity contribution in [2.45, 2.75) is 39.2 Å². The fraction of sp³-hybridized carbons (Fsp3) is 0.350. The van der Waals surface area contributed by atoms with Gasteiger partial charge in [-0.25, -0.2) is 4.79 Å². The molecule has 0 saturated carbocycles. The molecule has 1 aromatic rings. The number of hydrogen-bond donors (Lipinski definition) is 0. The van der Waals surface area contributed by atoms with Crippen LogP contribution in [0.25, 0.3) is 0 Å². The molecule has 0 saturated heterocycles. The van der Waals surface area contributed by atoms with Crippen molar-refractivity contribution in [1.82, 2.24) is 4.90 Å². The number of ether oxygens (including phenoxy) is 1. The van der Waals surface area contributed by atoms with Gasteiger partial charge in [-0.15, -0.1) is 13.2 Å². The minimum Gasteiger partial charge on any atom is -0.416 e. The Labute approximate surface area is 140 Å². The minimum atomic E-state index is -0.375. The number of amides is 1. The molecule has 1 amide bonds. The second-order valence-electron chi connectivity index (χ2n) is 5.82. The Kier molecular flexibility index (Phi) is 7.89. The second-order valence-corrected chi connectivity index (χ2v) is 5.82. The standard InChI is InChI=1S/C20H27NO2/c1-6-19(15-18-12-8-7-9-13-18)21(14-10-11-16(2)3)20(22)23-17(4)5/h6-9,12-13,19H,1-2,4,10-11,14-15H2,3,5H3. The van der Waals surface area contributed by atoms with Gasteiger partial charge in [0.25, 0.3) is 0 Å². The zero-order chi connectivity index (χ0) is 17.2. The van der Waals surface area contributed by atoms with E-state index in [2.05, 4.69) is 19.7 Å². The summed E-state index contributed by atoms with van der Waals surface area (Å²) in [4.78, 5) is 14.1. The Bertz CT molecular complexity index is 548. The summed E-state index contributed by atoms with van der Waals surface area (Å²) in [6.07, 6.45) is 3.86. The van der Waals surface area contributed by atoms with Gasteiger partial charge in [0.05, 0.1) is 11.8 Å². The molecule has 1 rings (SSSR count). The van der Waals surface area contributed by atoms with Crippen molar-refractivity contribution in [3.8, 4) is 0 Å². The lowest BCUT2D eigenvalue weighted by Crippen LogP contribution is -2.41. The van der Waals surface area contributed by atoms with Crippen LogP contribution in [0.3, 0.4) is 0 Å². The third kappa shape index (κ3) is 7.00. The van der Waals surface area contributed by atoms with Crippen molar-refractivity contribution >= 4 is 6.09 Å². The molecule has 1 aromatic carbocycles. The lowest BCUT2D eigenvalue weighted by Gasteiger charge is -2.29. The quantitative estimate of drug-likeness (QED) is 0.468. The molecule has 3 heteroatoms. The van der Waals surface area contributed by atoms with Crippen molar-refractivity contribution in [2.24, 2.45) is 0 Å². The average molecular weight is 313 g/mol. The van der Waals surface area contributed by atoms with Gasteiger partial charge in [-0.3, -0.25) is 0 Å². The molecule has 124 valence electrons. The molecular formula is C20H27NO2. The summed E-state index contributed by atoms with van der Waals surface area (Å²) in [6, 6.07) is 9.95. The number of rotatable bonds is 9. The molecule has 0 radical (unpaired) electrons. The molecule has 0 bridgehead atoms. The Hall–Kier alpha value is -2.29. The number of nitrogens with zero attached hydrogens (tertiary/aromatic N) is 1. The molecule has 0 spiro atoms. The Morgan fingerprint density at radius 2 is 1.91 bits per heavy atom. The van der Waals surface area contributed by atoms with Crippen molar-refractivity contribution in [1.29, 1.82) is 0 Å². The first-order valence-electron chi connectivity index (χ1n) is 7.89. The van der Waals surface area contributed by atoms with Crippen LogP contribution in [0.4, 0.5) is 4.79 Å². The van der Waals surface area contributed by atoms with Gasteiger partial charge >= 0.3 is 6.09 Å². The second kappa shape index (κ2) is 9.67. The normalized spacial score (nSPS) is 11.4. The summed E-state index contributed by atoms with van der Waals surface area (Å²) < 4.78 is 5.21. The number of allylic oxidation sites excluding steroid dienone is 2. The van der Waals surface area contributed by atoms with E-state index in [1.54, 1.807) is 17.9 Å².